The summed E-state index contributed by atoms with van der Waals surface area (Å²) in [5, 5.41) is 3.21. The summed E-state index contributed by atoms with van der Waals surface area (Å²) in [6.07, 6.45) is 7.17. The van der Waals surface area contributed by atoms with Crippen LogP contribution in [0.2, 0.25) is 0 Å². The average Bonchev–Trinajstić information content (AvgIpc) is 2.73. The third kappa shape index (κ3) is 4.73. The fourth-order valence-corrected chi connectivity index (χ4v) is 4.06. The molecule has 0 atom stereocenters. The summed E-state index contributed by atoms with van der Waals surface area (Å²) in [5.74, 6) is 1.51. The maximum Gasteiger partial charge on any atom is 0.257 e. The van der Waals surface area contributed by atoms with Gasteiger partial charge in [-0.15, -0.1) is 0 Å². The number of piperidine rings is 1. The van der Waals surface area contributed by atoms with Crippen LogP contribution in [0.4, 0.5) is 0 Å². The lowest BCUT2D eigenvalue weighted by Crippen LogP contribution is -2.48. The van der Waals surface area contributed by atoms with Crippen LogP contribution in [0.15, 0.2) is 18.2 Å². The Morgan fingerprint density at radius 2 is 1.70 bits per heavy atom. The van der Waals surface area contributed by atoms with E-state index in [1.807, 2.05) is 4.90 Å². The molecule has 0 radical (unpaired) electrons. The molecule has 1 N–H and O–H groups in total. The first-order valence-electron chi connectivity index (χ1n) is 9.94. The number of hydrogen-bond donors (Lipinski definition) is 1. The minimum absolute atomic E-state index is 0.0530. The van der Waals surface area contributed by atoms with Gasteiger partial charge in [0.15, 0.2) is 0 Å². The number of hydrogen-bond acceptors (Lipinski definition) is 4. The van der Waals surface area contributed by atoms with Gasteiger partial charge in [0.1, 0.15) is 11.5 Å². The highest BCUT2D eigenvalue weighted by molar-refractivity contribution is 5.97. The van der Waals surface area contributed by atoms with Crippen LogP contribution in [0.25, 0.3) is 0 Å². The molecule has 1 aliphatic heterocycles. The van der Waals surface area contributed by atoms with Gasteiger partial charge >= 0.3 is 0 Å². The molecule has 3 rings (SSSR count). The number of carbonyl (C=O) groups excluding carboxylic acids is 2. The lowest BCUT2D eigenvalue weighted by Gasteiger charge is -2.33. The molecule has 2 aliphatic rings. The molecule has 6 heteroatoms. The van der Waals surface area contributed by atoms with E-state index in [-0.39, 0.29) is 23.8 Å². The Bertz CT molecular complexity index is 662. The van der Waals surface area contributed by atoms with E-state index in [1.165, 1.54) is 6.42 Å². The van der Waals surface area contributed by atoms with Crippen molar-refractivity contribution in [1.29, 1.82) is 0 Å². The number of nitrogens with zero attached hydrogens (tertiary/aromatic N) is 1. The molecule has 1 aliphatic carbocycles. The topological polar surface area (TPSA) is 67.9 Å². The molecule has 1 saturated carbocycles. The van der Waals surface area contributed by atoms with Gasteiger partial charge in [0.2, 0.25) is 5.91 Å². The lowest BCUT2D eigenvalue weighted by molar-refractivity contribution is -0.126. The van der Waals surface area contributed by atoms with Crippen LogP contribution in [-0.2, 0) is 4.79 Å². The zero-order chi connectivity index (χ0) is 19.2. The molecule has 1 aromatic rings. The van der Waals surface area contributed by atoms with Crippen LogP contribution in [0.3, 0.4) is 0 Å². The fourth-order valence-electron chi connectivity index (χ4n) is 4.06. The van der Waals surface area contributed by atoms with Crippen molar-refractivity contribution in [3.05, 3.63) is 23.8 Å². The Hall–Kier alpha value is -2.24. The zero-order valence-electron chi connectivity index (χ0n) is 16.3. The zero-order valence-corrected chi connectivity index (χ0v) is 16.3. The fraction of sp³-hybridized carbons (Fsp3) is 0.619. The number of carbonyl (C=O) groups is 2. The van der Waals surface area contributed by atoms with Crippen molar-refractivity contribution >= 4 is 11.8 Å². The minimum atomic E-state index is -0.0530. The number of amides is 2. The monoisotopic (exact) mass is 374 g/mol. The SMILES string of the molecule is COc1ccc(OC)c(C(=O)N2CCC(NC(=O)C3CCCCC3)CC2)c1. The summed E-state index contributed by atoms with van der Waals surface area (Å²) in [5.41, 5.74) is 0.515. The number of methoxy groups -OCH3 is 2. The van der Waals surface area contributed by atoms with Crippen molar-refractivity contribution in [2.45, 2.75) is 51.0 Å². The third-order valence-electron chi connectivity index (χ3n) is 5.74. The van der Waals surface area contributed by atoms with E-state index in [4.69, 9.17) is 9.47 Å². The molecule has 0 unspecified atom stereocenters. The molecule has 6 nitrogen and oxygen atoms in total. The quantitative estimate of drug-likeness (QED) is 0.860. The van der Waals surface area contributed by atoms with E-state index in [0.29, 0.717) is 30.2 Å². The molecule has 27 heavy (non-hydrogen) atoms. The summed E-state index contributed by atoms with van der Waals surface area (Å²) < 4.78 is 10.6. The first-order chi connectivity index (χ1) is 13.1. The van der Waals surface area contributed by atoms with Crippen molar-refractivity contribution < 1.29 is 19.1 Å². The predicted molar refractivity (Wildman–Crippen MR) is 103 cm³/mol. The predicted octanol–water partition coefficient (Wildman–Crippen LogP) is 3.00. The Labute approximate surface area is 161 Å². The first kappa shape index (κ1) is 19.5. The second-order valence-electron chi connectivity index (χ2n) is 7.48. The number of nitrogens with one attached hydrogen (secondary N) is 1. The Kier molecular flexibility index (Phi) is 6.58. The second kappa shape index (κ2) is 9.11. The van der Waals surface area contributed by atoms with E-state index in [0.717, 1.165) is 38.5 Å². The van der Waals surface area contributed by atoms with E-state index >= 15 is 0 Å². The smallest absolute Gasteiger partial charge is 0.257 e. The molecular formula is C21H30N2O4. The van der Waals surface area contributed by atoms with Crippen LogP contribution < -0.4 is 14.8 Å². The highest BCUT2D eigenvalue weighted by Gasteiger charge is 2.28. The largest absolute Gasteiger partial charge is 0.497 e. The standard InChI is InChI=1S/C21H30N2O4/c1-26-17-8-9-19(27-2)18(14-17)21(25)23-12-10-16(11-13-23)22-20(24)15-6-4-3-5-7-15/h8-9,14-16H,3-7,10-13H2,1-2H3,(H,22,24). The number of rotatable bonds is 5. The van der Waals surface area contributed by atoms with Gasteiger partial charge in [0.25, 0.3) is 5.91 Å². The molecule has 1 heterocycles. The highest BCUT2D eigenvalue weighted by Crippen LogP contribution is 2.27. The number of likely N-dealkylation sites (tertiary alicyclic amines) is 1. The average molecular weight is 374 g/mol. The highest BCUT2D eigenvalue weighted by atomic mass is 16.5. The molecule has 1 aromatic carbocycles. The van der Waals surface area contributed by atoms with Gasteiger partial charge in [-0.1, -0.05) is 19.3 Å². The van der Waals surface area contributed by atoms with Gasteiger partial charge in [-0.3, -0.25) is 9.59 Å². The van der Waals surface area contributed by atoms with E-state index < -0.39 is 0 Å². The van der Waals surface area contributed by atoms with Crippen molar-refractivity contribution in [3.63, 3.8) is 0 Å². The molecule has 148 valence electrons. The number of ether oxygens (including phenoxy) is 2. The molecule has 0 bridgehead atoms. The van der Waals surface area contributed by atoms with Gasteiger partial charge in [0.05, 0.1) is 19.8 Å². The van der Waals surface area contributed by atoms with E-state index in [9.17, 15) is 9.59 Å². The van der Waals surface area contributed by atoms with Gasteiger partial charge < -0.3 is 19.7 Å². The molecule has 1 saturated heterocycles. The van der Waals surface area contributed by atoms with Crippen molar-refractivity contribution in [3.8, 4) is 11.5 Å². The maximum atomic E-state index is 12.9. The minimum Gasteiger partial charge on any atom is -0.497 e. The van der Waals surface area contributed by atoms with Gasteiger partial charge in [-0.05, 0) is 43.9 Å². The van der Waals surface area contributed by atoms with Crippen LogP contribution in [-0.4, -0.2) is 50.1 Å². The summed E-state index contributed by atoms with van der Waals surface area (Å²) in [7, 11) is 3.14. The summed E-state index contributed by atoms with van der Waals surface area (Å²) in [6.45, 7) is 1.27. The van der Waals surface area contributed by atoms with Crippen molar-refractivity contribution in [2.75, 3.05) is 27.3 Å². The lowest BCUT2D eigenvalue weighted by atomic mass is 9.88. The van der Waals surface area contributed by atoms with E-state index in [1.54, 1.807) is 32.4 Å². The van der Waals surface area contributed by atoms with E-state index in [2.05, 4.69) is 5.32 Å². The van der Waals surface area contributed by atoms with Crippen molar-refractivity contribution in [1.82, 2.24) is 10.2 Å². The van der Waals surface area contributed by atoms with Gasteiger partial charge in [-0.25, -0.2) is 0 Å². The van der Waals surface area contributed by atoms with Crippen LogP contribution >= 0.6 is 0 Å². The Balaban J connectivity index is 1.55. The van der Waals surface area contributed by atoms with Crippen LogP contribution in [0, 0.1) is 5.92 Å². The van der Waals surface area contributed by atoms with Gasteiger partial charge in [0, 0.05) is 25.0 Å². The molecular weight excluding hydrogens is 344 g/mol. The Morgan fingerprint density at radius 1 is 1.00 bits per heavy atom. The van der Waals surface area contributed by atoms with Crippen LogP contribution in [0.1, 0.15) is 55.3 Å². The maximum absolute atomic E-state index is 12.9. The molecule has 2 amide bonds. The molecule has 2 fully saturated rings. The normalized spacial score (nSPS) is 18.8. The molecule has 0 spiro atoms. The summed E-state index contributed by atoms with van der Waals surface area (Å²) in [6, 6.07) is 5.42. The Morgan fingerprint density at radius 3 is 2.33 bits per heavy atom. The van der Waals surface area contributed by atoms with Crippen LogP contribution in [0.5, 0.6) is 11.5 Å². The summed E-state index contributed by atoms with van der Waals surface area (Å²) >= 11 is 0. The van der Waals surface area contributed by atoms with Crippen molar-refractivity contribution in [2.24, 2.45) is 5.92 Å². The summed E-state index contributed by atoms with van der Waals surface area (Å²) in [4.78, 5) is 27.2. The first-order valence-corrected chi connectivity index (χ1v) is 9.94. The number of benzene rings is 1. The third-order valence-corrected chi connectivity index (χ3v) is 5.74. The van der Waals surface area contributed by atoms with Gasteiger partial charge in [-0.2, -0.15) is 0 Å². The molecule has 0 aromatic heterocycles. The second-order valence-corrected chi connectivity index (χ2v) is 7.48.